The molecule has 0 saturated carbocycles. The van der Waals surface area contributed by atoms with Gasteiger partial charge < -0.3 is 9.47 Å². The van der Waals surface area contributed by atoms with Crippen molar-refractivity contribution in [1.82, 2.24) is 0 Å². The van der Waals surface area contributed by atoms with Crippen molar-refractivity contribution in [1.29, 1.82) is 0 Å². The number of ether oxygens (including phenoxy) is 2. The number of halogens is 2. The number of methoxy groups -OCH3 is 1. The first kappa shape index (κ1) is 14.2. The molecule has 0 bridgehead atoms. The Kier molecular flexibility index (Phi) is 6.65. The van der Waals surface area contributed by atoms with Crippen LogP contribution in [0.25, 0.3) is 0 Å². The first-order chi connectivity index (χ1) is 7.67. The van der Waals surface area contributed by atoms with E-state index in [-0.39, 0.29) is 12.2 Å². The smallest absolute Gasteiger partial charge is 0.0919 e. The summed E-state index contributed by atoms with van der Waals surface area (Å²) in [5.74, 6) is 0. The van der Waals surface area contributed by atoms with Crippen molar-refractivity contribution in [2.24, 2.45) is 0 Å². The third kappa shape index (κ3) is 4.57. The van der Waals surface area contributed by atoms with E-state index in [1.807, 2.05) is 31.2 Å². The van der Waals surface area contributed by atoms with Crippen molar-refractivity contribution in [2.45, 2.75) is 19.1 Å². The highest BCUT2D eigenvalue weighted by Crippen LogP contribution is 2.24. The predicted molar refractivity (Wildman–Crippen MR) is 75.5 cm³/mol. The largest absolute Gasteiger partial charge is 0.382 e. The number of alkyl halides is 1. The molecule has 2 unspecified atom stereocenters. The van der Waals surface area contributed by atoms with Crippen LogP contribution in [-0.2, 0) is 9.47 Å². The average Bonchev–Trinajstić information content (AvgIpc) is 2.26. The van der Waals surface area contributed by atoms with Gasteiger partial charge in [0.2, 0.25) is 0 Å². The van der Waals surface area contributed by atoms with Gasteiger partial charge in [0.15, 0.2) is 0 Å². The van der Waals surface area contributed by atoms with Gasteiger partial charge in [-0.3, -0.25) is 0 Å². The second kappa shape index (κ2) is 7.48. The Balaban J connectivity index is 2.67. The fourth-order valence-corrected chi connectivity index (χ4v) is 2.38. The van der Waals surface area contributed by atoms with Crippen molar-refractivity contribution in [3.63, 3.8) is 0 Å². The molecule has 0 spiro atoms. The molecule has 0 aliphatic heterocycles. The minimum Gasteiger partial charge on any atom is -0.382 e. The highest BCUT2D eigenvalue weighted by atomic mass is 127. The van der Waals surface area contributed by atoms with Gasteiger partial charge in [-0.25, -0.2) is 0 Å². The van der Waals surface area contributed by atoms with Crippen LogP contribution >= 0.6 is 34.2 Å². The van der Waals surface area contributed by atoms with Crippen molar-refractivity contribution >= 4 is 34.2 Å². The van der Waals surface area contributed by atoms with E-state index in [9.17, 15) is 0 Å². The summed E-state index contributed by atoms with van der Waals surface area (Å²) in [7, 11) is 1.68. The van der Waals surface area contributed by atoms with Gasteiger partial charge in [-0.1, -0.05) is 46.3 Å². The normalized spacial score (nSPS) is 14.8. The second-order valence-corrected chi connectivity index (χ2v) is 4.92. The maximum atomic E-state index is 5.96. The molecule has 0 amide bonds. The molecule has 4 heteroatoms. The van der Waals surface area contributed by atoms with Crippen molar-refractivity contribution in [2.75, 3.05) is 18.1 Å². The van der Waals surface area contributed by atoms with Gasteiger partial charge in [-0.05, 0) is 24.6 Å². The average molecular weight is 355 g/mol. The molecule has 0 radical (unpaired) electrons. The van der Waals surface area contributed by atoms with Gasteiger partial charge in [0.25, 0.3) is 0 Å². The van der Waals surface area contributed by atoms with Crippen LogP contribution in [0, 0.1) is 0 Å². The Morgan fingerprint density at radius 3 is 2.75 bits per heavy atom. The molecular weight excluding hydrogens is 338 g/mol. The topological polar surface area (TPSA) is 18.5 Å². The van der Waals surface area contributed by atoms with Crippen LogP contribution in [0.5, 0.6) is 0 Å². The Labute approximate surface area is 115 Å². The maximum Gasteiger partial charge on any atom is 0.0919 e. The van der Waals surface area contributed by atoms with Gasteiger partial charge in [-0.15, -0.1) is 0 Å². The molecule has 2 atom stereocenters. The third-order valence-corrected chi connectivity index (χ3v) is 3.19. The minimum atomic E-state index is 0.0736. The summed E-state index contributed by atoms with van der Waals surface area (Å²) in [6.07, 6.45) is 0.160. The summed E-state index contributed by atoms with van der Waals surface area (Å²) in [5.41, 5.74) is 1.12. The van der Waals surface area contributed by atoms with Gasteiger partial charge in [0.1, 0.15) is 0 Å². The van der Waals surface area contributed by atoms with E-state index >= 15 is 0 Å². The molecule has 16 heavy (non-hydrogen) atoms. The molecule has 1 aromatic rings. The van der Waals surface area contributed by atoms with Gasteiger partial charge in [0.05, 0.1) is 18.8 Å². The number of hydrogen-bond donors (Lipinski definition) is 0. The van der Waals surface area contributed by atoms with E-state index < -0.39 is 0 Å². The lowest BCUT2D eigenvalue weighted by molar-refractivity contribution is -0.0291. The van der Waals surface area contributed by atoms with Gasteiger partial charge in [0, 0.05) is 16.6 Å². The summed E-state index contributed by atoms with van der Waals surface area (Å²) in [6.45, 7) is 2.61. The van der Waals surface area contributed by atoms with E-state index in [1.165, 1.54) is 0 Å². The molecule has 0 fully saturated rings. The van der Waals surface area contributed by atoms with Crippen molar-refractivity contribution < 1.29 is 9.47 Å². The summed E-state index contributed by atoms with van der Waals surface area (Å²) >= 11 is 8.28. The highest BCUT2D eigenvalue weighted by molar-refractivity contribution is 14.1. The molecule has 0 saturated heterocycles. The molecule has 2 nitrogen and oxygen atoms in total. The SMILES string of the molecule is COCC(C)OC(CI)c1cccc(Cl)c1. The molecular formula is C12H16ClIO2. The zero-order chi connectivity index (χ0) is 12.0. The van der Waals surface area contributed by atoms with Crippen LogP contribution in [0.1, 0.15) is 18.6 Å². The van der Waals surface area contributed by atoms with Gasteiger partial charge in [-0.2, -0.15) is 0 Å². The quantitative estimate of drug-likeness (QED) is 0.570. The Morgan fingerprint density at radius 1 is 1.44 bits per heavy atom. The molecule has 1 aromatic carbocycles. The molecule has 0 aromatic heterocycles. The van der Waals surface area contributed by atoms with E-state index in [1.54, 1.807) is 7.11 Å². The van der Waals surface area contributed by atoms with E-state index in [0.717, 1.165) is 15.0 Å². The number of benzene rings is 1. The zero-order valence-corrected chi connectivity index (χ0v) is 12.4. The monoisotopic (exact) mass is 354 g/mol. The van der Waals surface area contributed by atoms with Crippen LogP contribution < -0.4 is 0 Å². The fourth-order valence-electron chi connectivity index (χ4n) is 1.47. The summed E-state index contributed by atoms with van der Waals surface area (Å²) < 4.78 is 11.8. The first-order valence-corrected chi connectivity index (χ1v) is 7.03. The van der Waals surface area contributed by atoms with E-state index in [2.05, 4.69) is 22.6 Å². The van der Waals surface area contributed by atoms with Crippen molar-refractivity contribution in [3.8, 4) is 0 Å². The van der Waals surface area contributed by atoms with E-state index in [0.29, 0.717) is 6.61 Å². The number of rotatable bonds is 6. The summed E-state index contributed by atoms with van der Waals surface area (Å²) in [5, 5.41) is 0.746. The predicted octanol–water partition coefficient (Wildman–Crippen LogP) is 3.87. The standard InChI is InChI=1S/C12H16ClIO2/c1-9(8-15-2)16-12(7-14)10-4-3-5-11(13)6-10/h3-6,9,12H,7-8H2,1-2H3. The molecule has 0 heterocycles. The summed E-state index contributed by atoms with van der Waals surface area (Å²) in [4.78, 5) is 0. The molecule has 0 aliphatic carbocycles. The maximum absolute atomic E-state index is 5.96. The second-order valence-electron chi connectivity index (χ2n) is 3.60. The Morgan fingerprint density at radius 2 is 2.19 bits per heavy atom. The Hall–Kier alpha value is 0.160. The lowest BCUT2D eigenvalue weighted by Crippen LogP contribution is -2.19. The highest BCUT2D eigenvalue weighted by Gasteiger charge is 2.14. The first-order valence-electron chi connectivity index (χ1n) is 5.13. The lowest BCUT2D eigenvalue weighted by atomic mass is 10.1. The van der Waals surface area contributed by atoms with Crippen LogP contribution in [0.15, 0.2) is 24.3 Å². The minimum absolute atomic E-state index is 0.0736. The van der Waals surface area contributed by atoms with Crippen LogP contribution in [0.4, 0.5) is 0 Å². The molecule has 0 aliphatic rings. The fraction of sp³-hybridized carbons (Fsp3) is 0.500. The zero-order valence-electron chi connectivity index (χ0n) is 9.45. The third-order valence-electron chi connectivity index (χ3n) is 2.16. The van der Waals surface area contributed by atoms with Gasteiger partial charge >= 0.3 is 0 Å². The van der Waals surface area contributed by atoms with Crippen LogP contribution in [0.2, 0.25) is 5.02 Å². The molecule has 1 rings (SSSR count). The van der Waals surface area contributed by atoms with Crippen molar-refractivity contribution in [3.05, 3.63) is 34.9 Å². The summed E-state index contributed by atoms with van der Waals surface area (Å²) in [6, 6.07) is 7.80. The van der Waals surface area contributed by atoms with Crippen LogP contribution in [0.3, 0.4) is 0 Å². The molecule has 90 valence electrons. The van der Waals surface area contributed by atoms with Crippen LogP contribution in [-0.4, -0.2) is 24.2 Å². The lowest BCUT2D eigenvalue weighted by Gasteiger charge is -2.20. The Bertz CT molecular complexity index is 320. The molecule has 0 N–H and O–H groups in total. The van der Waals surface area contributed by atoms with E-state index in [4.69, 9.17) is 21.1 Å². The number of hydrogen-bond acceptors (Lipinski definition) is 2.